The van der Waals surface area contributed by atoms with Crippen LogP contribution >= 0.6 is 11.6 Å². The number of rotatable bonds is 2. The van der Waals surface area contributed by atoms with Crippen LogP contribution in [0, 0.1) is 10.1 Å². The molecular formula is C14H17ClN6O2. The van der Waals surface area contributed by atoms with Crippen LogP contribution < -0.4 is 16.4 Å². The monoisotopic (exact) mass is 336 g/mol. The maximum Gasteiger partial charge on any atom is 0.294 e. The molecule has 9 heteroatoms. The van der Waals surface area contributed by atoms with Crippen molar-refractivity contribution in [1.29, 1.82) is 0 Å². The zero-order valence-corrected chi connectivity index (χ0v) is 13.2. The van der Waals surface area contributed by atoms with Crippen molar-refractivity contribution in [2.24, 2.45) is 21.5 Å². The average Bonchev–Trinajstić information content (AvgIpc) is 2.48. The van der Waals surface area contributed by atoms with Crippen molar-refractivity contribution in [3.8, 4) is 0 Å². The van der Waals surface area contributed by atoms with Crippen molar-refractivity contribution in [3.63, 3.8) is 0 Å². The number of nitro benzene ring substituents is 1. The number of aliphatic imine (C=N–C) groups is 2. The molecule has 1 aromatic rings. The summed E-state index contributed by atoms with van der Waals surface area (Å²) in [4.78, 5) is 21.1. The molecule has 1 fully saturated rings. The molecule has 1 spiro atoms. The molecule has 8 nitrogen and oxygen atoms in total. The summed E-state index contributed by atoms with van der Waals surface area (Å²) in [6, 6.07) is 4.48. The van der Waals surface area contributed by atoms with Gasteiger partial charge in [0.1, 0.15) is 11.4 Å². The van der Waals surface area contributed by atoms with Gasteiger partial charge in [0.05, 0.1) is 4.92 Å². The Labute approximate surface area is 138 Å². The van der Waals surface area contributed by atoms with Crippen LogP contribution in [0.3, 0.4) is 0 Å². The quantitative estimate of drug-likeness (QED) is 0.633. The number of guanidine groups is 2. The Balaban J connectivity index is 2.16. The van der Waals surface area contributed by atoms with Crippen LogP contribution in [-0.4, -0.2) is 22.5 Å². The summed E-state index contributed by atoms with van der Waals surface area (Å²) in [6.07, 6.45) is 4.40. The molecule has 0 aromatic heterocycles. The van der Waals surface area contributed by atoms with Gasteiger partial charge in [0.2, 0.25) is 11.9 Å². The summed E-state index contributed by atoms with van der Waals surface area (Å²) in [5.74, 6) is 0.224. The zero-order valence-electron chi connectivity index (χ0n) is 12.4. The maximum atomic E-state index is 11.4. The second kappa shape index (κ2) is 5.69. The van der Waals surface area contributed by atoms with Crippen LogP contribution in [0.1, 0.15) is 32.1 Å². The van der Waals surface area contributed by atoms with Crippen molar-refractivity contribution in [2.75, 3.05) is 4.90 Å². The van der Waals surface area contributed by atoms with Crippen LogP contribution in [0.2, 0.25) is 5.02 Å². The summed E-state index contributed by atoms with van der Waals surface area (Å²) < 4.78 is 0. The second-order valence-electron chi connectivity index (χ2n) is 5.71. The highest BCUT2D eigenvalue weighted by Crippen LogP contribution is 2.42. The van der Waals surface area contributed by atoms with Crippen molar-refractivity contribution in [3.05, 3.63) is 33.3 Å². The smallest absolute Gasteiger partial charge is 0.294 e. The largest absolute Gasteiger partial charge is 0.369 e. The van der Waals surface area contributed by atoms with Crippen molar-refractivity contribution >= 4 is 34.9 Å². The molecule has 1 heterocycles. The van der Waals surface area contributed by atoms with Crippen molar-refractivity contribution in [2.45, 2.75) is 37.8 Å². The van der Waals surface area contributed by atoms with Gasteiger partial charge in [0.25, 0.3) is 5.69 Å². The van der Waals surface area contributed by atoms with E-state index in [1.807, 2.05) is 0 Å². The number of benzene rings is 1. The molecular weight excluding hydrogens is 320 g/mol. The highest BCUT2D eigenvalue weighted by atomic mass is 35.5. The topological polar surface area (TPSA) is 123 Å². The predicted octanol–water partition coefficient (Wildman–Crippen LogP) is 2.36. The predicted molar refractivity (Wildman–Crippen MR) is 89.6 cm³/mol. The molecule has 122 valence electrons. The molecule has 23 heavy (non-hydrogen) atoms. The number of hydrogen-bond donors (Lipinski definition) is 2. The molecule has 3 rings (SSSR count). The number of nitrogens with zero attached hydrogens (tertiary/aromatic N) is 4. The van der Waals surface area contributed by atoms with Crippen LogP contribution in [0.25, 0.3) is 0 Å². The molecule has 1 aliphatic carbocycles. The SMILES string of the molecule is NC1=NC2(CCCCC2)N(c2ccc(Cl)cc2[N+](=O)[O-])C(N)=N1. The highest BCUT2D eigenvalue weighted by Gasteiger charge is 2.44. The van der Waals surface area contributed by atoms with E-state index in [0.717, 1.165) is 19.3 Å². The molecule has 0 bridgehead atoms. The second-order valence-corrected chi connectivity index (χ2v) is 6.15. The first-order valence-corrected chi connectivity index (χ1v) is 7.74. The van der Waals surface area contributed by atoms with Gasteiger partial charge in [-0.15, -0.1) is 0 Å². The summed E-state index contributed by atoms with van der Waals surface area (Å²) in [7, 11) is 0. The van der Waals surface area contributed by atoms with E-state index in [1.165, 1.54) is 6.07 Å². The van der Waals surface area contributed by atoms with Gasteiger partial charge in [-0.05, 0) is 37.8 Å². The van der Waals surface area contributed by atoms with E-state index in [9.17, 15) is 10.1 Å². The number of nitro groups is 1. The molecule has 4 N–H and O–H groups in total. The first-order chi connectivity index (χ1) is 10.9. The van der Waals surface area contributed by atoms with Crippen LogP contribution in [0.4, 0.5) is 11.4 Å². The standard InChI is InChI=1S/C14H17ClN6O2/c15-9-4-5-10(11(8-9)21(22)23)20-13(17)18-12(16)19-14(20)6-2-1-3-7-14/h4-5,8H,1-3,6-7H2,(H4,16,17,18,19). The average molecular weight is 337 g/mol. The van der Waals surface area contributed by atoms with Gasteiger partial charge in [-0.25, -0.2) is 4.99 Å². The van der Waals surface area contributed by atoms with Gasteiger partial charge in [-0.1, -0.05) is 18.0 Å². The molecule has 0 amide bonds. The van der Waals surface area contributed by atoms with Gasteiger partial charge in [0.15, 0.2) is 0 Å². The number of anilines is 1. The van der Waals surface area contributed by atoms with E-state index >= 15 is 0 Å². The van der Waals surface area contributed by atoms with Gasteiger partial charge in [-0.3, -0.25) is 15.0 Å². The lowest BCUT2D eigenvalue weighted by Crippen LogP contribution is -2.58. The fourth-order valence-corrected chi connectivity index (χ4v) is 3.47. The third kappa shape index (κ3) is 2.70. The molecule has 0 radical (unpaired) electrons. The normalized spacial score (nSPS) is 20.1. The first-order valence-electron chi connectivity index (χ1n) is 7.37. The Hall–Kier alpha value is -2.35. The van der Waals surface area contributed by atoms with Crippen LogP contribution in [0.5, 0.6) is 0 Å². The van der Waals surface area contributed by atoms with Gasteiger partial charge in [0, 0.05) is 11.1 Å². The third-order valence-corrected chi connectivity index (χ3v) is 4.46. The van der Waals surface area contributed by atoms with E-state index in [0.29, 0.717) is 18.5 Å². The molecule has 0 unspecified atom stereocenters. The molecule has 1 aromatic carbocycles. The fourth-order valence-electron chi connectivity index (χ4n) is 3.30. The maximum absolute atomic E-state index is 11.4. The van der Waals surface area contributed by atoms with E-state index < -0.39 is 10.6 Å². The number of halogens is 1. The minimum absolute atomic E-state index is 0.109. The van der Waals surface area contributed by atoms with E-state index in [2.05, 4.69) is 9.98 Å². The highest BCUT2D eigenvalue weighted by molar-refractivity contribution is 6.31. The lowest BCUT2D eigenvalue weighted by atomic mass is 9.87. The molecule has 1 saturated carbocycles. The Kier molecular flexibility index (Phi) is 3.85. The summed E-state index contributed by atoms with van der Waals surface area (Å²) in [5.41, 5.74) is 11.4. The molecule has 1 aliphatic heterocycles. The van der Waals surface area contributed by atoms with Gasteiger partial charge >= 0.3 is 0 Å². The summed E-state index contributed by atoms with van der Waals surface area (Å²) in [5, 5.41) is 11.7. The van der Waals surface area contributed by atoms with Gasteiger partial charge < -0.3 is 11.5 Å². The fraction of sp³-hybridized carbons (Fsp3) is 0.429. The van der Waals surface area contributed by atoms with E-state index in [1.54, 1.807) is 17.0 Å². The Morgan fingerprint density at radius 3 is 2.61 bits per heavy atom. The summed E-state index contributed by atoms with van der Waals surface area (Å²) >= 11 is 5.90. The molecule has 0 saturated heterocycles. The zero-order chi connectivity index (χ0) is 16.6. The van der Waals surface area contributed by atoms with Gasteiger partial charge in [-0.2, -0.15) is 4.99 Å². The first kappa shape index (κ1) is 15.5. The lowest BCUT2D eigenvalue weighted by molar-refractivity contribution is -0.384. The van der Waals surface area contributed by atoms with E-state index in [4.69, 9.17) is 23.1 Å². The molecule has 2 aliphatic rings. The van der Waals surface area contributed by atoms with Crippen molar-refractivity contribution in [1.82, 2.24) is 0 Å². The number of nitrogens with two attached hydrogens (primary N) is 2. The minimum atomic E-state index is -0.716. The van der Waals surface area contributed by atoms with E-state index in [-0.39, 0.29) is 22.6 Å². The molecule has 0 atom stereocenters. The van der Waals surface area contributed by atoms with Crippen molar-refractivity contribution < 1.29 is 4.92 Å². The summed E-state index contributed by atoms with van der Waals surface area (Å²) in [6.45, 7) is 0. The Bertz CT molecular complexity index is 711. The Morgan fingerprint density at radius 2 is 1.96 bits per heavy atom. The third-order valence-electron chi connectivity index (χ3n) is 4.23. The van der Waals surface area contributed by atoms with Crippen LogP contribution in [-0.2, 0) is 0 Å². The lowest BCUT2D eigenvalue weighted by Gasteiger charge is -2.45. The van der Waals surface area contributed by atoms with Crippen LogP contribution in [0.15, 0.2) is 28.2 Å². The Morgan fingerprint density at radius 1 is 1.26 bits per heavy atom. The minimum Gasteiger partial charge on any atom is -0.369 e. The number of hydrogen-bond acceptors (Lipinski definition) is 7.